The molecule has 27 heavy (non-hydrogen) atoms. The van der Waals surface area contributed by atoms with Crippen LogP contribution in [0.25, 0.3) is 11.9 Å². The molecule has 0 atom stereocenters. The molecule has 138 valence electrons. The van der Waals surface area contributed by atoms with Crippen LogP contribution in [0.2, 0.25) is 0 Å². The summed E-state index contributed by atoms with van der Waals surface area (Å²) in [7, 11) is 0. The van der Waals surface area contributed by atoms with Gasteiger partial charge in [0, 0.05) is 36.8 Å². The topological polar surface area (TPSA) is 69.0 Å². The van der Waals surface area contributed by atoms with Gasteiger partial charge >= 0.3 is 6.61 Å². The van der Waals surface area contributed by atoms with Crippen LogP contribution >= 0.6 is 0 Å². The number of pyridine rings is 1. The third-order valence-corrected chi connectivity index (χ3v) is 3.59. The second kappa shape index (κ2) is 8.70. The monoisotopic (exact) mass is 370 g/mol. The Morgan fingerprint density at radius 1 is 1.26 bits per heavy atom. The van der Waals surface area contributed by atoms with Gasteiger partial charge in [-0.3, -0.25) is 9.36 Å². The minimum absolute atomic E-state index is 0.0100. The van der Waals surface area contributed by atoms with Gasteiger partial charge < -0.3 is 10.1 Å². The van der Waals surface area contributed by atoms with Gasteiger partial charge in [0.15, 0.2) is 0 Å². The molecule has 0 fully saturated rings. The first-order valence-electron chi connectivity index (χ1n) is 8.05. The SMILES string of the molecule is O=C(/C=C/c1ccccc1OC(F)F)NCc1ccc(-n2ccnc2)nc1. The van der Waals surface area contributed by atoms with Gasteiger partial charge in [-0.15, -0.1) is 0 Å². The summed E-state index contributed by atoms with van der Waals surface area (Å²) in [6, 6.07) is 9.91. The lowest BCUT2D eigenvalue weighted by molar-refractivity contribution is -0.116. The molecule has 1 amide bonds. The first-order chi connectivity index (χ1) is 13.1. The number of hydrogen-bond donors (Lipinski definition) is 1. The minimum Gasteiger partial charge on any atom is -0.434 e. The number of carbonyl (C=O) groups is 1. The summed E-state index contributed by atoms with van der Waals surface area (Å²) in [5.41, 5.74) is 1.21. The molecule has 3 aromatic rings. The summed E-state index contributed by atoms with van der Waals surface area (Å²) in [6.45, 7) is -2.64. The predicted octanol–water partition coefficient (Wildman–Crippen LogP) is 3.20. The van der Waals surface area contributed by atoms with Crippen LogP contribution in [0.15, 0.2) is 67.4 Å². The van der Waals surface area contributed by atoms with Gasteiger partial charge in [0.25, 0.3) is 0 Å². The van der Waals surface area contributed by atoms with Crippen LogP contribution in [0.1, 0.15) is 11.1 Å². The number of rotatable bonds is 7. The highest BCUT2D eigenvalue weighted by molar-refractivity contribution is 5.92. The molecule has 0 aliphatic heterocycles. The summed E-state index contributed by atoms with van der Waals surface area (Å²) < 4.78 is 31.0. The molecule has 8 heteroatoms. The van der Waals surface area contributed by atoms with Crippen molar-refractivity contribution in [2.75, 3.05) is 0 Å². The van der Waals surface area contributed by atoms with Crippen molar-refractivity contribution >= 4 is 12.0 Å². The zero-order chi connectivity index (χ0) is 19.1. The average Bonchev–Trinajstić information content (AvgIpc) is 3.20. The van der Waals surface area contributed by atoms with Gasteiger partial charge in [0.2, 0.25) is 5.91 Å². The highest BCUT2D eigenvalue weighted by Crippen LogP contribution is 2.21. The number of para-hydroxylation sites is 1. The summed E-state index contributed by atoms with van der Waals surface area (Å²) in [5, 5.41) is 2.71. The maximum Gasteiger partial charge on any atom is 0.387 e. The Kier molecular flexibility index (Phi) is 5.88. The van der Waals surface area contributed by atoms with Crippen molar-refractivity contribution in [3.63, 3.8) is 0 Å². The molecule has 0 saturated carbocycles. The fourth-order valence-corrected chi connectivity index (χ4v) is 2.30. The standard InChI is InChI=1S/C19H16F2N4O2/c20-19(21)27-16-4-2-1-3-15(16)6-8-18(26)24-12-14-5-7-17(23-11-14)25-10-9-22-13-25/h1-11,13,19H,12H2,(H,24,26)/b8-6+. The smallest absolute Gasteiger partial charge is 0.387 e. The second-order valence-electron chi connectivity index (χ2n) is 5.46. The normalized spacial score (nSPS) is 11.1. The summed E-state index contributed by atoms with van der Waals surface area (Å²) in [6.07, 6.45) is 9.43. The highest BCUT2D eigenvalue weighted by Gasteiger charge is 2.07. The van der Waals surface area contributed by atoms with E-state index < -0.39 is 6.61 Å². The van der Waals surface area contributed by atoms with Gasteiger partial charge in [-0.05, 0) is 23.8 Å². The first-order valence-corrected chi connectivity index (χ1v) is 8.05. The van der Waals surface area contributed by atoms with Crippen molar-refractivity contribution < 1.29 is 18.3 Å². The fourth-order valence-electron chi connectivity index (χ4n) is 2.30. The number of benzene rings is 1. The van der Waals surface area contributed by atoms with Crippen LogP contribution in [0.5, 0.6) is 5.75 Å². The van der Waals surface area contributed by atoms with E-state index in [1.54, 1.807) is 47.7 Å². The molecule has 1 N–H and O–H groups in total. The zero-order valence-corrected chi connectivity index (χ0v) is 14.1. The lowest BCUT2D eigenvalue weighted by Crippen LogP contribution is -2.20. The van der Waals surface area contributed by atoms with Crippen molar-refractivity contribution in [3.8, 4) is 11.6 Å². The van der Waals surface area contributed by atoms with Crippen molar-refractivity contribution in [2.45, 2.75) is 13.2 Å². The van der Waals surface area contributed by atoms with E-state index in [2.05, 4.69) is 20.0 Å². The molecule has 0 aliphatic carbocycles. The number of amides is 1. The van der Waals surface area contributed by atoms with E-state index in [0.29, 0.717) is 5.56 Å². The Balaban J connectivity index is 1.56. The number of nitrogens with zero attached hydrogens (tertiary/aromatic N) is 3. The molecule has 1 aromatic carbocycles. The molecular weight excluding hydrogens is 354 g/mol. The molecule has 0 bridgehead atoms. The molecular formula is C19H16F2N4O2. The Morgan fingerprint density at radius 3 is 2.81 bits per heavy atom. The third kappa shape index (κ3) is 5.21. The average molecular weight is 370 g/mol. The first kappa shape index (κ1) is 18.2. The molecule has 2 heterocycles. The van der Waals surface area contributed by atoms with E-state index in [1.807, 2.05) is 12.1 Å². The van der Waals surface area contributed by atoms with Crippen LogP contribution in [-0.4, -0.2) is 27.1 Å². The second-order valence-corrected chi connectivity index (χ2v) is 5.46. The summed E-state index contributed by atoms with van der Waals surface area (Å²) in [5.74, 6) is 0.370. The molecule has 0 aliphatic rings. The van der Waals surface area contributed by atoms with E-state index in [1.165, 1.54) is 18.2 Å². The molecule has 0 spiro atoms. The lowest BCUT2D eigenvalue weighted by atomic mass is 10.2. The van der Waals surface area contributed by atoms with Crippen LogP contribution in [0.4, 0.5) is 8.78 Å². The van der Waals surface area contributed by atoms with Crippen molar-refractivity contribution in [1.29, 1.82) is 0 Å². The molecule has 6 nitrogen and oxygen atoms in total. The number of alkyl halides is 2. The third-order valence-electron chi connectivity index (χ3n) is 3.59. The van der Waals surface area contributed by atoms with Gasteiger partial charge in [-0.25, -0.2) is 9.97 Å². The minimum atomic E-state index is -2.92. The van der Waals surface area contributed by atoms with Crippen molar-refractivity contribution in [1.82, 2.24) is 19.9 Å². The Morgan fingerprint density at radius 2 is 2.11 bits per heavy atom. The number of halogens is 2. The largest absolute Gasteiger partial charge is 0.434 e. The molecule has 0 saturated heterocycles. The van der Waals surface area contributed by atoms with Crippen LogP contribution < -0.4 is 10.1 Å². The molecule has 0 radical (unpaired) electrons. The number of carbonyl (C=O) groups excluding carboxylic acids is 1. The van der Waals surface area contributed by atoms with Crippen LogP contribution in [0.3, 0.4) is 0 Å². The van der Waals surface area contributed by atoms with E-state index in [0.717, 1.165) is 11.4 Å². The zero-order valence-electron chi connectivity index (χ0n) is 14.1. The number of imidazole rings is 1. The molecule has 2 aromatic heterocycles. The molecule has 0 unspecified atom stereocenters. The number of ether oxygens (including phenoxy) is 1. The van der Waals surface area contributed by atoms with E-state index in [4.69, 9.17) is 0 Å². The van der Waals surface area contributed by atoms with E-state index >= 15 is 0 Å². The van der Waals surface area contributed by atoms with Gasteiger partial charge in [0.1, 0.15) is 17.9 Å². The Hall–Kier alpha value is -3.55. The van der Waals surface area contributed by atoms with Crippen LogP contribution in [0, 0.1) is 0 Å². The van der Waals surface area contributed by atoms with Crippen molar-refractivity contribution in [3.05, 3.63) is 78.5 Å². The number of hydrogen-bond acceptors (Lipinski definition) is 4. The highest BCUT2D eigenvalue weighted by atomic mass is 19.3. The quantitative estimate of drug-likeness (QED) is 0.649. The Labute approximate surface area is 154 Å². The van der Waals surface area contributed by atoms with Gasteiger partial charge in [-0.1, -0.05) is 24.3 Å². The van der Waals surface area contributed by atoms with Crippen molar-refractivity contribution in [2.24, 2.45) is 0 Å². The summed E-state index contributed by atoms with van der Waals surface area (Å²) in [4.78, 5) is 20.2. The Bertz CT molecular complexity index is 910. The predicted molar refractivity (Wildman–Crippen MR) is 95.3 cm³/mol. The lowest BCUT2D eigenvalue weighted by Gasteiger charge is -2.07. The number of nitrogens with one attached hydrogen (secondary N) is 1. The fraction of sp³-hybridized carbons (Fsp3) is 0.105. The number of aromatic nitrogens is 3. The maximum absolute atomic E-state index is 12.4. The van der Waals surface area contributed by atoms with E-state index in [-0.39, 0.29) is 18.2 Å². The van der Waals surface area contributed by atoms with Crippen LogP contribution in [-0.2, 0) is 11.3 Å². The van der Waals surface area contributed by atoms with E-state index in [9.17, 15) is 13.6 Å². The van der Waals surface area contributed by atoms with Gasteiger partial charge in [-0.2, -0.15) is 8.78 Å². The molecule has 3 rings (SSSR count). The maximum atomic E-state index is 12.4. The summed E-state index contributed by atoms with van der Waals surface area (Å²) >= 11 is 0. The van der Waals surface area contributed by atoms with Gasteiger partial charge in [0.05, 0.1) is 0 Å².